The molecule has 0 saturated heterocycles. The molecule has 0 aromatic carbocycles. The smallest absolute Gasteiger partial charge is 0.0771 e. The zero-order chi connectivity index (χ0) is 10.1. The van der Waals surface area contributed by atoms with Crippen molar-refractivity contribution < 1.29 is 4.84 Å². The maximum absolute atomic E-state index is 5.08. The first-order valence-electron chi connectivity index (χ1n) is 4.30. The third kappa shape index (κ3) is 2.08. The van der Waals surface area contributed by atoms with E-state index in [0.29, 0.717) is 6.61 Å². The lowest BCUT2D eigenvalue weighted by atomic mass is 9.86. The van der Waals surface area contributed by atoms with Crippen molar-refractivity contribution in [2.45, 2.75) is 26.2 Å². The molecule has 1 aromatic heterocycles. The van der Waals surface area contributed by atoms with Crippen LogP contribution in [0.15, 0.2) is 6.20 Å². The molecule has 0 atom stereocenters. The van der Waals surface area contributed by atoms with E-state index < -0.39 is 0 Å². The summed E-state index contributed by atoms with van der Waals surface area (Å²) in [6, 6.07) is 0. The van der Waals surface area contributed by atoms with Gasteiger partial charge in [-0.2, -0.15) is 5.10 Å². The van der Waals surface area contributed by atoms with E-state index in [0.717, 1.165) is 5.69 Å². The Labute approximate surface area is 78.6 Å². The van der Waals surface area contributed by atoms with Crippen LogP contribution in [0.25, 0.3) is 0 Å². The minimum atomic E-state index is -0.0763. The third-order valence-electron chi connectivity index (χ3n) is 2.19. The molecular weight excluding hydrogens is 166 g/mol. The van der Waals surface area contributed by atoms with Crippen molar-refractivity contribution in [3.63, 3.8) is 0 Å². The second kappa shape index (κ2) is 3.47. The van der Waals surface area contributed by atoms with E-state index in [4.69, 9.17) is 5.90 Å². The van der Waals surface area contributed by atoms with Gasteiger partial charge in [0.2, 0.25) is 0 Å². The zero-order valence-electron chi connectivity index (χ0n) is 8.66. The van der Waals surface area contributed by atoms with Crippen LogP contribution in [0, 0.1) is 6.92 Å². The fourth-order valence-corrected chi connectivity index (χ4v) is 1.55. The summed E-state index contributed by atoms with van der Waals surface area (Å²) in [6.07, 6.45) is 2.01. The molecule has 2 N–H and O–H groups in total. The lowest BCUT2D eigenvalue weighted by molar-refractivity contribution is 0.0962. The van der Waals surface area contributed by atoms with Gasteiger partial charge in [-0.3, -0.25) is 4.68 Å². The molecule has 0 aliphatic heterocycles. The Balaban J connectivity index is 2.98. The van der Waals surface area contributed by atoms with Crippen LogP contribution >= 0.6 is 0 Å². The molecule has 0 aliphatic rings. The molecule has 4 nitrogen and oxygen atoms in total. The first kappa shape index (κ1) is 10.2. The zero-order valence-corrected chi connectivity index (χ0v) is 8.66. The summed E-state index contributed by atoms with van der Waals surface area (Å²) in [6.45, 7) is 6.67. The molecule has 0 radical (unpaired) electrons. The average molecular weight is 183 g/mol. The number of rotatable bonds is 3. The number of hydrogen-bond donors (Lipinski definition) is 1. The van der Waals surface area contributed by atoms with E-state index in [9.17, 15) is 0 Å². The Morgan fingerprint density at radius 1 is 1.62 bits per heavy atom. The normalized spacial score (nSPS) is 12.1. The number of nitrogens with zero attached hydrogens (tertiary/aromatic N) is 2. The monoisotopic (exact) mass is 183 g/mol. The van der Waals surface area contributed by atoms with Gasteiger partial charge in [0.05, 0.1) is 12.3 Å². The molecular formula is C9H17N3O. The highest BCUT2D eigenvalue weighted by atomic mass is 16.6. The molecule has 1 heterocycles. The van der Waals surface area contributed by atoms with Gasteiger partial charge in [-0.05, 0) is 6.92 Å². The fraction of sp³-hybridized carbons (Fsp3) is 0.667. The molecule has 74 valence electrons. The van der Waals surface area contributed by atoms with Gasteiger partial charge >= 0.3 is 0 Å². The van der Waals surface area contributed by atoms with Crippen LogP contribution in [0.3, 0.4) is 0 Å². The summed E-state index contributed by atoms with van der Waals surface area (Å²) >= 11 is 0. The lowest BCUT2D eigenvalue weighted by Crippen LogP contribution is -2.26. The molecule has 0 amide bonds. The van der Waals surface area contributed by atoms with Gasteiger partial charge in [0.1, 0.15) is 0 Å². The van der Waals surface area contributed by atoms with Gasteiger partial charge in [-0.1, -0.05) is 13.8 Å². The Morgan fingerprint density at radius 2 is 2.23 bits per heavy atom. The van der Waals surface area contributed by atoms with E-state index in [2.05, 4.69) is 23.8 Å². The maximum Gasteiger partial charge on any atom is 0.0771 e. The summed E-state index contributed by atoms with van der Waals surface area (Å²) < 4.78 is 1.81. The lowest BCUT2D eigenvalue weighted by Gasteiger charge is -2.22. The van der Waals surface area contributed by atoms with Crippen molar-refractivity contribution in [2.75, 3.05) is 6.61 Å². The van der Waals surface area contributed by atoms with Gasteiger partial charge in [-0.15, -0.1) is 0 Å². The molecule has 0 unspecified atom stereocenters. The van der Waals surface area contributed by atoms with Crippen LogP contribution in [0.1, 0.15) is 25.1 Å². The van der Waals surface area contributed by atoms with Crippen LogP contribution in [0.5, 0.6) is 0 Å². The molecule has 0 spiro atoms. The molecule has 0 bridgehead atoms. The largest absolute Gasteiger partial charge is 0.304 e. The van der Waals surface area contributed by atoms with Crippen molar-refractivity contribution in [3.8, 4) is 0 Å². The van der Waals surface area contributed by atoms with Crippen LogP contribution in [0.2, 0.25) is 0 Å². The van der Waals surface area contributed by atoms with E-state index in [1.54, 1.807) is 0 Å². The standard InChI is InChI=1S/C9H17N3O/c1-7-8(5-12(4)11-7)9(2,3)6-13-10/h5H,6,10H2,1-4H3. The van der Waals surface area contributed by atoms with E-state index in [1.165, 1.54) is 5.56 Å². The first-order chi connectivity index (χ1) is 5.97. The van der Waals surface area contributed by atoms with Gasteiger partial charge < -0.3 is 4.84 Å². The molecule has 4 heteroatoms. The quantitative estimate of drug-likeness (QED) is 0.708. The van der Waals surface area contributed by atoms with E-state index in [-0.39, 0.29) is 5.41 Å². The van der Waals surface area contributed by atoms with Crippen LogP contribution in [0.4, 0.5) is 0 Å². The molecule has 0 fully saturated rings. The van der Waals surface area contributed by atoms with Gasteiger partial charge in [0.25, 0.3) is 0 Å². The molecule has 13 heavy (non-hydrogen) atoms. The minimum absolute atomic E-state index is 0.0763. The summed E-state index contributed by atoms with van der Waals surface area (Å²) in [4.78, 5) is 4.69. The SMILES string of the molecule is Cc1nn(C)cc1C(C)(C)CON. The Morgan fingerprint density at radius 3 is 2.62 bits per heavy atom. The third-order valence-corrected chi connectivity index (χ3v) is 2.19. The highest BCUT2D eigenvalue weighted by Gasteiger charge is 2.24. The highest BCUT2D eigenvalue weighted by Crippen LogP contribution is 2.25. The molecule has 0 aliphatic carbocycles. The van der Waals surface area contributed by atoms with Gasteiger partial charge in [0.15, 0.2) is 0 Å². The van der Waals surface area contributed by atoms with Crippen molar-refractivity contribution >= 4 is 0 Å². The van der Waals surface area contributed by atoms with Crippen molar-refractivity contribution in [3.05, 3.63) is 17.5 Å². The Hall–Kier alpha value is -0.870. The van der Waals surface area contributed by atoms with Crippen molar-refractivity contribution in [1.29, 1.82) is 0 Å². The van der Waals surface area contributed by atoms with Gasteiger partial charge in [-0.25, -0.2) is 5.90 Å². The summed E-state index contributed by atoms with van der Waals surface area (Å²) in [7, 11) is 1.91. The van der Waals surface area contributed by atoms with Crippen molar-refractivity contribution in [1.82, 2.24) is 9.78 Å². The van der Waals surface area contributed by atoms with Crippen LogP contribution in [-0.2, 0) is 17.3 Å². The second-order valence-electron chi connectivity index (χ2n) is 4.00. The first-order valence-corrected chi connectivity index (χ1v) is 4.30. The Kier molecular flexibility index (Phi) is 2.73. The summed E-state index contributed by atoms with van der Waals surface area (Å²) in [5.74, 6) is 5.08. The van der Waals surface area contributed by atoms with E-state index in [1.807, 2.05) is 24.9 Å². The molecule has 0 saturated carbocycles. The van der Waals surface area contributed by atoms with E-state index >= 15 is 0 Å². The number of hydrogen-bond acceptors (Lipinski definition) is 3. The van der Waals surface area contributed by atoms with Crippen LogP contribution < -0.4 is 5.90 Å². The number of aromatic nitrogens is 2. The molecule has 1 aromatic rings. The van der Waals surface area contributed by atoms with Crippen LogP contribution in [-0.4, -0.2) is 16.4 Å². The van der Waals surface area contributed by atoms with Crippen molar-refractivity contribution in [2.24, 2.45) is 12.9 Å². The van der Waals surface area contributed by atoms with Gasteiger partial charge in [0, 0.05) is 24.2 Å². The summed E-state index contributed by atoms with van der Waals surface area (Å²) in [5.41, 5.74) is 2.14. The minimum Gasteiger partial charge on any atom is -0.304 e. The topological polar surface area (TPSA) is 53.1 Å². The predicted octanol–water partition coefficient (Wildman–Crippen LogP) is 0.896. The fourth-order valence-electron chi connectivity index (χ4n) is 1.55. The Bertz CT molecular complexity index is 291. The number of aryl methyl sites for hydroxylation is 2. The summed E-state index contributed by atoms with van der Waals surface area (Å²) in [5, 5.41) is 4.28. The number of nitrogens with two attached hydrogens (primary N) is 1. The molecule has 1 rings (SSSR count). The predicted molar refractivity (Wildman–Crippen MR) is 51.1 cm³/mol. The maximum atomic E-state index is 5.08. The second-order valence-corrected chi connectivity index (χ2v) is 4.00. The average Bonchev–Trinajstić information content (AvgIpc) is 2.30. The highest BCUT2D eigenvalue weighted by molar-refractivity contribution is 5.24.